The average Bonchev–Trinajstić information content (AvgIpc) is 2.32. The van der Waals surface area contributed by atoms with Gasteiger partial charge < -0.3 is 5.11 Å². The Morgan fingerprint density at radius 1 is 1.41 bits per heavy atom. The number of aliphatic hydroxyl groups excluding tert-OH is 1. The van der Waals surface area contributed by atoms with Crippen LogP contribution < -0.4 is 0 Å². The van der Waals surface area contributed by atoms with E-state index in [0.717, 1.165) is 0 Å². The molecule has 1 N–H and O–H groups in total. The van der Waals surface area contributed by atoms with Gasteiger partial charge in [0.2, 0.25) is 0 Å². The Bertz CT molecular complexity index is 402. The predicted molar refractivity (Wildman–Crippen MR) is 68.5 cm³/mol. The van der Waals surface area contributed by atoms with Crippen LogP contribution in [0.1, 0.15) is 37.0 Å². The van der Waals surface area contributed by atoms with E-state index >= 15 is 0 Å². The van der Waals surface area contributed by atoms with Gasteiger partial charge in [-0.2, -0.15) is 0 Å². The molecule has 0 heterocycles. The molecule has 0 fully saturated rings. The van der Waals surface area contributed by atoms with Gasteiger partial charge in [-0.3, -0.25) is 4.79 Å². The first kappa shape index (κ1) is 14.3. The highest BCUT2D eigenvalue weighted by atomic mass is 79.9. The normalized spacial score (nSPS) is 12.8. The molecule has 0 amide bonds. The number of carbonyl (C=O) groups excluding carboxylic acids is 1. The van der Waals surface area contributed by atoms with E-state index in [9.17, 15) is 14.3 Å². The van der Waals surface area contributed by atoms with Crippen LogP contribution >= 0.6 is 15.9 Å². The van der Waals surface area contributed by atoms with Gasteiger partial charge in [0.1, 0.15) is 11.9 Å². The molecular formula is C13H16BrFO2. The van der Waals surface area contributed by atoms with Gasteiger partial charge in [-0.25, -0.2) is 4.39 Å². The molecule has 1 rings (SSSR count). The third-order valence-electron chi connectivity index (χ3n) is 2.96. The lowest BCUT2D eigenvalue weighted by Crippen LogP contribution is -2.29. The lowest BCUT2D eigenvalue weighted by Gasteiger charge is -2.19. The number of rotatable bonds is 5. The van der Waals surface area contributed by atoms with E-state index in [4.69, 9.17) is 0 Å². The van der Waals surface area contributed by atoms with Crippen molar-refractivity contribution in [3.63, 3.8) is 0 Å². The largest absolute Gasteiger partial charge is 0.385 e. The molecular weight excluding hydrogens is 287 g/mol. The molecule has 1 aromatic rings. The van der Waals surface area contributed by atoms with E-state index in [-0.39, 0.29) is 11.5 Å². The fourth-order valence-electron chi connectivity index (χ4n) is 1.79. The number of benzene rings is 1. The van der Waals surface area contributed by atoms with Crippen LogP contribution in [0.4, 0.5) is 4.39 Å². The Hall–Kier alpha value is -0.740. The minimum Gasteiger partial charge on any atom is -0.385 e. The van der Waals surface area contributed by atoms with Crippen LogP contribution in [0, 0.1) is 11.7 Å². The molecule has 0 radical (unpaired) electrons. The van der Waals surface area contributed by atoms with Crippen LogP contribution in [0.2, 0.25) is 0 Å². The molecule has 0 aliphatic heterocycles. The molecule has 0 aliphatic carbocycles. The second-order valence-electron chi connectivity index (χ2n) is 4.01. The lowest BCUT2D eigenvalue weighted by molar-refractivity contribution is 0.0583. The van der Waals surface area contributed by atoms with E-state index in [1.54, 1.807) is 0 Å². The highest BCUT2D eigenvalue weighted by Gasteiger charge is 2.26. The van der Waals surface area contributed by atoms with Crippen LogP contribution in [0.5, 0.6) is 0 Å². The van der Waals surface area contributed by atoms with Gasteiger partial charge in [0.05, 0.1) is 5.56 Å². The number of hydrogen-bond donors (Lipinski definition) is 1. The number of aliphatic hydroxyl groups is 1. The van der Waals surface area contributed by atoms with Gasteiger partial charge in [-0.05, 0) is 24.1 Å². The van der Waals surface area contributed by atoms with Crippen LogP contribution in [-0.4, -0.2) is 17.0 Å². The second-order valence-corrected chi connectivity index (χ2v) is 4.93. The Morgan fingerprint density at radius 2 is 2.00 bits per heavy atom. The van der Waals surface area contributed by atoms with Gasteiger partial charge in [0.15, 0.2) is 5.78 Å². The maximum Gasteiger partial charge on any atom is 0.194 e. The first-order valence-corrected chi connectivity index (χ1v) is 6.47. The monoisotopic (exact) mass is 302 g/mol. The van der Waals surface area contributed by atoms with Gasteiger partial charge in [0.25, 0.3) is 0 Å². The summed E-state index contributed by atoms with van der Waals surface area (Å²) in [6.07, 6.45) is 0.256. The second kappa shape index (κ2) is 6.26. The number of halogens is 2. The first-order valence-electron chi connectivity index (χ1n) is 5.68. The van der Waals surface area contributed by atoms with Crippen LogP contribution in [-0.2, 0) is 0 Å². The van der Waals surface area contributed by atoms with Crippen molar-refractivity contribution in [2.45, 2.75) is 32.8 Å². The summed E-state index contributed by atoms with van der Waals surface area (Å²) in [4.78, 5) is 12.0. The maximum atomic E-state index is 13.5. The Kier molecular flexibility index (Phi) is 5.28. The number of hydrogen-bond acceptors (Lipinski definition) is 2. The Balaban J connectivity index is 2.99. The van der Waals surface area contributed by atoms with Crippen LogP contribution in [0.3, 0.4) is 0 Å². The molecule has 0 bridgehead atoms. The quantitative estimate of drug-likeness (QED) is 0.844. The smallest absolute Gasteiger partial charge is 0.194 e. The van der Waals surface area contributed by atoms with Crippen molar-refractivity contribution < 1.29 is 14.3 Å². The van der Waals surface area contributed by atoms with Crippen molar-refractivity contribution in [1.29, 1.82) is 0 Å². The standard InChI is InChI=1S/C13H16BrFO2/c1-3-8(4-2)12(16)13(17)10-7-9(14)5-6-11(10)15/h5-8,12,16H,3-4H2,1-2H3. The zero-order valence-corrected chi connectivity index (χ0v) is 11.5. The lowest BCUT2D eigenvalue weighted by atomic mass is 9.91. The van der Waals surface area contributed by atoms with E-state index in [2.05, 4.69) is 15.9 Å². The van der Waals surface area contributed by atoms with Crippen molar-refractivity contribution in [1.82, 2.24) is 0 Å². The average molecular weight is 303 g/mol. The number of Topliss-reactive ketones (excluding diaryl/α,β-unsaturated/α-hetero) is 1. The zero-order valence-electron chi connectivity index (χ0n) is 9.91. The Morgan fingerprint density at radius 3 is 2.53 bits per heavy atom. The van der Waals surface area contributed by atoms with E-state index in [1.165, 1.54) is 18.2 Å². The SMILES string of the molecule is CCC(CC)C(O)C(=O)c1cc(Br)ccc1F. The summed E-state index contributed by atoms with van der Waals surface area (Å²) in [6.45, 7) is 3.81. The maximum absolute atomic E-state index is 13.5. The topological polar surface area (TPSA) is 37.3 Å². The van der Waals surface area contributed by atoms with Crippen molar-refractivity contribution >= 4 is 21.7 Å². The van der Waals surface area contributed by atoms with Crippen molar-refractivity contribution in [2.75, 3.05) is 0 Å². The molecule has 1 aromatic carbocycles. The summed E-state index contributed by atoms with van der Waals surface area (Å²) < 4.78 is 14.1. The van der Waals surface area contributed by atoms with Crippen molar-refractivity contribution in [2.24, 2.45) is 5.92 Å². The fraction of sp³-hybridized carbons (Fsp3) is 0.462. The summed E-state index contributed by atoms with van der Waals surface area (Å²) in [5.41, 5.74) is -0.0567. The van der Waals surface area contributed by atoms with E-state index < -0.39 is 17.7 Å². The molecule has 17 heavy (non-hydrogen) atoms. The molecule has 0 aromatic heterocycles. The van der Waals surface area contributed by atoms with E-state index in [1.807, 2.05) is 13.8 Å². The molecule has 0 aliphatic rings. The molecule has 4 heteroatoms. The third kappa shape index (κ3) is 3.36. The summed E-state index contributed by atoms with van der Waals surface area (Å²) in [6, 6.07) is 4.15. The van der Waals surface area contributed by atoms with Gasteiger partial charge in [0, 0.05) is 4.47 Å². The van der Waals surface area contributed by atoms with Gasteiger partial charge in [-0.1, -0.05) is 42.6 Å². The molecule has 2 nitrogen and oxygen atoms in total. The predicted octanol–water partition coefficient (Wildman–Crippen LogP) is 3.57. The number of ketones is 1. The number of carbonyl (C=O) groups is 1. The first-order chi connectivity index (χ1) is 8.01. The Labute approximate surface area is 109 Å². The summed E-state index contributed by atoms with van der Waals surface area (Å²) in [7, 11) is 0. The van der Waals surface area contributed by atoms with Gasteiger partial charge in [-0.15, -0.1) is 0 Å². The fourth-order valence-corrected chi connectivity index (χ4v) is 2.16. The highest BCUT2D eigenvalue weighted by Crippen LogP contribution is 2.21. The summed E-state index contributed by atoms with van der Waals surface area (Å²) >= 11 is 3.18. The minimum absolute atomic E-state index is 0.0567. The molecule has 1 atom stereocenters. The van der Waals surface area contributed by atoms with Crippen LogP contribution in [0.15, 0.2) is 22.7 Å². The van der Waals surface area contributed by atoms with E-state index in [0.29, 0.717) is 17.3 Å². The molecule has 0 spiro atoms. The minimum atomic E-state index is -1.13. The highest BCUT2D eigenvalue weighted by molar-refractivity contribution is 9.10. The summed E-state index contributed by atoms with van der Waals surface area (Å²) in [5, 5.41) is 9.91. The summed E-state index contributed by atoms with van der Waals surface area (Å²) in [5.74, 6) is -1.26. The van der Waals surface area contributed by atoms with Crippen LogP contribution in [0.25, 0.3) is 0 Å². The molecule has 0 saturated heterocycles. The third-order valence-corrected chi connectivity index (χ3v) is 3.45. The van der Waals surface area contributed by atoms with Crippen molar-refractivity contribution in [3.8, 4) is 0 Å². The van der Waals surface area contributed by atoms with Crippen molar-refractivity contribution in [3.05, 3.63) is 34.1 Å². The molecule has 94 valence electrons. The molecule has 1 unspecified atom stereocenters. The molecule has 0 saturated carbocycles. The zero-order chi connectivity index (χ0) is 13.0. The van der Waals surface area contributed by atoms with Gasteiger partial charge >= 0.3 is 0 Å².